The van der Waals surface area contributed by atoms with Gasteiger partial charge in [-0.25, -0.2) is 0 Å². The van der Waals surface area contributed by atoms with Crippen molar-refractivity contribution >= 4 is 46.6 Å². The molecule has 10 heteroatoms. The molecule has 1 aromatic carbocycles. The predicted molar refractivity (Wildman–Crippen MR) is 145 cm³/mol. The van der Waals surface area contributed by atoms with E-state index < -0.39 is 29.1 Å². The molecule has 2 N–H and O–H groups in total. The van der Waals surface area contributed by atoms with Gasteiger partial charge in [0.1, 0.15) is 11.6 Å². The van der Waals surface area contributed by atoms with Gasteiger partial charge in [0.25, 0.3) is 0 Å². The van der Waals surface area contributed by atoms with Gasteiger partial charge in [-0.1, -0.05) is 54.6 Å². The lowest BCUT2D eigenvalue weighted by Crippen LogP contribution is -2.56. The highest BCUT2D eigenvalue weighted by Gasteiger charge is 2.76. The number of carbonyl (C=O) groups excluding carboxylic acids is 3. The van der Waals surface area contributed by atoms with E-state index in [1.54, 1.807) is 30.0 Å². The third kappa shape index (κ3) is 4.74. The summed E-state index contributed by atoms with van der Waals surface area (Å²) in [6.07, 6.45) is 9.43. The molecule has 5 atom stereocenters. The van der Waals surface area contributed by atoms with E-state index in [0.29, 0.717) is 41.9 Å². The van der Waals surface area contributed by atoms with Crippen molar-refractivity contribution in [2.75, 3.05) is 25.1 Å². The fourth-order valence-electron chi connectivity index (χ4n) is 6.67. The summed E-state index contributed by atoms with van der Waals surface area (Å²) in [6.45, 7) is 5.12. The van der Waals surface area contributed by atoms with E-state index in [1.807, 2.05) is 19.1 Å². The summed E-state index contributed by atoms with van der Waals surface area (Å²) in [5, 5.41) is 6.78. The first-order valence-electron chi connectivity index (χ1n) is 13.6. The van der Waals surface area contributed by atoms with Crippen molar-refractivity contribution in [2.45, 2.75) is 75.7 Å². The first-order chi connectivity index (χ1) is 18.2. The Balaban J connectivity index is 1.44. The van der Waals surface area contributed by atoms with E-state index >= 15 is 0 Å². The maximum Gasteiger partial charge on any atom is 0.246 e. The van der Waals surface area contributed by atoms with E-state index in [1.165, 1.54) is 6.42 Å². The molecule has 3 amide bonds. The Labute approximate surface area is 233 Å². The quantitative estimate of drug-likeness (QED) is 0.344. The number of amides is 3. The molecule has 2 saturated heterocycles. The van der Waals surface area contributed by atoms with Gasteiger partial charge < -0.3 is 25.0 Å². The lowest BCUT2D eigenvalue weighted by Gasteiger charge is -2.34. The minimum Gasteiger partial charge on any atom is -0.382 e. The number of fused-ring (bicyclic) bond motifs is 1. The number of ether oxygens (including phenoxy) is 2. The second kappa shape index (κ2) is 10.8. The molecule has 5 rings (SSSR count). The van der Waals surface area contributed by atoms with Crippen molar-refractivity contribution in [3.63, 3.8) is 0 Å². The van der Waals surface area contributed by atoms with Crippen LogP contribution < -0.4 is 10.6 Å². The molecule has 3 unspecified atom stereocenters. The van der Waals surface area contributed by atoms with Crippen LogP contribution in [0.4, 0.5) is 5.69 Å². The number of anilines is 1. The number of hydrogen-bond acceptors (Lipinski definition) is 5. The molecular weight excluding hydrogens is 529 g/mol. The zero-order valence-corrected chi connectivity index (χ0v) is 23.3. The lowest BCUT2D eigenvalue weighted by molar-refractivity contribution is -0.144. The van der Waals surface area contributed by atoms with Gasteiger partial charge >= 0.3 is 0 Å². The van der Waals surface area contributed by atoms with E-state index in [4.69, 9.17) is 32.7 Å². The van der Waals surface area contributed by atoms with Crippen molar-refractivity contribution in [1.29, 1.82) is 0 Å². The van der Waals surface area contributed by atoms with Gasteiger partial charge in [-0.2, -0.15) is 0 Å². The molecule has 2 bridgehead atoms. The van der Waals surface area contributed by atoms with Crippen LogP contribution in [0.5, 0.6) is 0 Å². The Bertz CT molecular complexity index is 1140. The number of likely N-dealkylation sites (tertiary alicyclic amines) is 1. The minimum atomic E-state index is -1.21. The Morgan fingerprint density at radius 3 is 2.61 bits per heavy atom. The third-order valence-electron chi connectivity index (χ3n) is 8.36. The van der Waals surface area contributed by atoms with Gasteiger partial charge in [0.05, 0.1) is 27.5 Å². The van der Waals surface area contributed by atoms with Crippen molar-refractivity contribution < 1.29 is 23.9 Å². The van der Waals surface area contributed by atoms with Crippen LogP contribution in [0, 0.1) is 11.8 Å². The van der Waals surface area contributed by atoms with Crippen LogP contribution >= 0.6 is 23.2 Å². The van der Waals surface area contributed by atoms with Gasteiger partial charge in [0.2, 0.25) is 17.7 Å². The molecule has 3 heterocycles. The van der Waals surface area contributed by atoms with Crippen LogP contribution in [0.2, 0.25) is 10.0 Å². The number of rotatable bonds is 9. The minimum absolute atomic E-state index is 0.0824. The standard InChI is InChI=1S/C28H35Cl2N3O5/c1-3-37-15-7-14-33-23(25(35)31-17-8-5-4-6-9-17)28-13-12-27(2,38-28)21(22(28)26(33)36)24(34)32-18-10-11-19(29)20(30)16-18/h10-13,16-17,21-23H,3-9,14-15H2,1-2H3,(H,31,35)(H,32,34)/t21?,22-,23?,27-,28?/m1/s1. The van der Waals surface area contributed by atoms with E-state index in [9.17, 15) is 14.4 Å². The highest BCUT2D eigenvalue weighted by Crippen LogP contribution is 2.59. The molecule has 0 radical (unpaired) electrons. The highest BCUT2D eigenvalue weighted by atomic mass is 35.5. The van der Waals surface area contributed by atoms with E-state index in [0.717, 1.165) is 25.7 Å². The molecule has 1 aromatic rings. The van der Waals surface area contributed by atoms with Gasteiger partial charge in [0, 0.05) is 31.5 Å². The number of carbonyl (C=O) groups is 3. The monoisotopic (exact) mass is 563 g/mol. The first kappa shape index (κ1) is 27.4. The van der Waals surface area contributed by atoms with Crippen molar-refractivity contribution in [2.24, 2.45) is 11.8 Å². The Kier molecular flexibility index (Phi) is 7.80. The van der Waals surface area contributed by atoms with Crippen LogP contribution in [0.25, 0.3) is 0 Å². The second-order valence-electron chi connectivity index (χ2n) is 10.9. The molecule has 1 aliphatic carbocycles. The lowest BCUT2D eigenvalue weighted by atomic mass is 9.70. The molecule has 1 spiro atoms. The molecular formula is C28H35Cl2N3O5. The second-order valence-corrected chi connectivity index (χ2v) is 11.7. The van der Waals surface area contributed by atoms with Crippen LogP contribution in [0.3, 0.4) is 0 Å². The molecule has 38 heavy (non-hydrogen) atoms. The van der Waals surface area contributed by atoms with Gasteiger partial charge in [0.15, 0.2) is 0 Å². The summed E-state index contributed by atoms with van der Waals surface area (Å²) in [7, 11) is 0. The van der Waals surface area contributed by atoms with Crippen LogP contribution in [-0.4, -0.2) is 65.7 Å². The third-order valence-corrected chi connectivity index (χ3v) is 9.10. The predicted octanol–water partition coefficient (Wildman–Crippen LogP) is 4.35. The maximum atomic E-state index is 14.0. The fraction of sp³-hybridized carbons (Fsp3) is 0.607. The summed E-state index contributed by atoms with van der Waals surface area (Å²) in [6, 6.07) is 4.06. The van der Waals surface area contributed by atoms with Crippen LogP contribution in [0.1, 0.15) is 52.4 Å². The number of halogens is 2. The summed E-state index contributed by atoms with van der Waals surface area (Å²) >= 11 is 12.2. The fourth-order valence-corrected chi connectivity index (χ4v) is 6.97. The Hall–Kier alpha value is -2.13. The zero-order chi connectivity index (χ0) is 27.1. The SMILES string of the molecule is CCOCCCN1C(=O)[C@H]2C(C(=O)Nc3ccc(Cl)c(Cl)c3)[C@@]3(C)C=CC2(O3)C1C(=O)NC1CCCCC1. The summed E-state index contributed by atoms with van der Waals surface area (Å²) in [5.74, 6) is -2.47. The van der Waals surface area contributed by atoms with Gasteiger partial charge in [-0.3, -0.25) is 14.4 Å². The molecule has 3 fully saturated rings. The summed E-state index contributed by atoms with van der Waals surface area (Å²) in [4.78, 5) is 43.2. The molecule has 0 aromatic heterocycles. The van der Waals surface area contributed by atoms with Crippen molar-refractivity contribution in [1.82, 2.24) is 10.2 Å². The first-order valence-corrected chi connectivity index (χ1v) is 14.3. The number of benzene rings is 1. The largest absolute Gasteiger partial charge is 0.382 e. The molecule has 1 saturated carbocycles. The molecule has 8 nitrogen and oxygen atoms in total. The van der Waals surface area contributed by atoms with Crippen LogP contribution in [0.15, 0.2) is 30.4 Å². The average Bonchev–Trinajstić information content (AvgIpc) is 3.45. The number of hydrogen-bond donors (Lipinski definition) is 2. The van der Waals surface area contributed by atoms with E-state index in [-0.39, 0.29) is 23.8 Å². The van der Waals surface area contributed by atoms with Crippen molar-refractivity contribution in [3.8, 4) is 0 Å². The number of nitrogens with one attached hydrogen (secondary N) is 2. The highest BCUT2D eigenvalue weighted by molar-refractivity contribution is 6.42. The van der Waals surface area contributed by atoms with Gasteiger partial charge in [-0.15, -0.1) is 0 Å². The summed E-state index contributed by atoms with van der Waals surface area (Å²) < 4.78 is 12.1. The molecule has 3 aliphatic heterocycles. The van der Waals surface area contributed by atoms with E-state index in [2.05, 4.69) is 10.6 Å². The normalized spacial score (nSPS) is 32.1. The summed E-state index contributed by atoms with van der Waals surface area (Å²) in [5.41, 5.74) is -1.77. The Morgan fingerprint density at radius 2 is 1.89 bits per heavy atom. The Morgan fingerprint density at radius 1 is 1.13 bits per heavy atom. The molecule has 4 aliphatic rings. The molecule has 206 valence electrons. The smallest absolute Gasteiger partial charge is 0.246 e. The maximum absolute atomic E-state index is 14.0. The average molecular weight is 565 g/mol. The van der Waals surface area contributed by atoms with Crippen LogP contribution in [-0.2, 0) is 23.9 Å². The van der Waals surface area contributed by atoms with Crippen molar-refractivity contribution in [3.05, 3.63) is 40.4 Å². The van der Waals surface area contributed by atoms with Gasteiger partial charge in [-0.05, 0) is 51.3 Å². The zero-order valence-electron chi connectivity index (χ0n) is 21.8. The topological polar surface area (TPSA) is 97.0 Å². The number of nitrogens with zero attached hydrogens (tertiary/aromatic N) is 1.